The molecule has 0 aliphatic carbocycles. The van der Waals surface area contributed by atoms with Crippen molar-refractivity contribution < 1.29 is 18.6 Å². The summed E-state index contributed by atoms with van der Waals surface area (Å²) in [5, 5.41) is 9.55. The number of ether oxygens (including phenoxy) is 1. The lowest BCUT2D eigenvalue weighted by Gasteiger charge is -2.17. The highest BCUT2D eigenvalue weighted by Crippen LogP contribution is 2.31. The molecule has 4 rings (SSSR count). The molecule has 0 saturated heterocycles. The Kier molecular flexibility index (Phi) is 6.79. The van der Waals surface area contributed by atoms with E-state index in [2.05, 4.69) is 4.98 Å². The summed E-state index contributed by atoms with van der Waals surface area (Å²) in [6.07, 6.45) is -1.35. The topological polar surface area (TPSA) is 86.3 Å². The van der Waals surface area contributed by atoms with E-state index in [0.717, 1.165) is 10.1 Å². The molecule has 2 heterocycles. The highest BCUT2D eigenvalue weighted by molar-refractivity contribution is 5.87. The number of hydrogen-bond acceptors (Lipinski definition) is 5. The third kappa shape index (κ3) is 5.14. The van der Waals surface area contributed by atoms with E-state index in [9.17, 15) is 23.5 Å². The molecule has 0 unspecified atom stereocenters. The first-order valence-electron chi connectivity index (χ1n) is 11.1. The number of benzene rings is 2. The number of halogens is 2. The molecule has 7 nitrogen and oxygen atoms in total. The van der Waals surface area contributed by atoms with E-state index in [4.69, 9.17) is 4.74 Å². The molecule has 0 atom stereocenters. The zero-order chi connectivity index (χ0) is 25.2. The number of pyridine rings is 1. The van der Waals surface area contributed by atoms with E-state index in [1.165, 1.54) is 22.9 Å². The molecule has 4 aromatic rings. The normalized spacial score (nSPS) is 11.7. The van der Waals surface area contributed by atoms with Gasteiger partial charge in [0.25, 0.3) is 5.56 Å². The number of aliphatic hydroxyl groups excluding tert-OH is 1. The Morgan fingerprint density at radius 3 is 2.51 bits per heavy atom. The standard InChI is InChI=1S/C26H25F2N3O4/c1-26(27,28)35-19-11-6-10-18(15-19)23-20(14-17-8-4-3-5-9-17)22-21(16-29-23)30(2)25(34)31(24(22)33)12-7-13-32/h3-6,8-11,15-16,32H,7,12-14H2,1-2H3. The summed E-state index contributed by atoms with van der Waals surface area (Å²) >= 11 is 0. The Morgan fingerprint density at radius 1 is 1.09 bits per heavy atom. The number of nitrogens with zero attached hydrogens (tertiary/aromatic N) is 3. The van der Waals surface area contributed by atoms with Gasteiger partial charge in [0.1, 0.15) is 5.75 Å². The Labute approximate surface area is 199 Å². The van der Waals surface area contributed by atoms with E-state index >= 15 is 0 Å². The fourth-order valence-electron chi connectivity index (χ4n) is 4.10. The molecule has 0 amide bonds. The van der Waals surface area contributed by atoms with Crippen LogP contribution in [-0.4, -0.2) is 31.9 Å². The van der Waals surface area contributed by atoms with Crippen LogP contribution < -0.4 is 16.0 Å². The van der Waals surface area contributed by atoms with Crippen LogP contribution in [0, 0.1) is 0 Å². The predicted octanol–water partition coefficient (Wildman–Crippen LogP) is 3.73. The van der Waals surface area contributed by atoms with Crippen LogP contribution in [0.2, 0.25) is 0 Å². The van der Waals surface area contributed by atoms with Gasteiger partial charge in [-0.3, -0.25) is 18.9 Å². The van der Waals surface area contributed by atoms with E-state index in [1.807, 2.05) is 30.3 Å². The SMILES string of the molecule is Cn1c(=O)n(CCCO)c(=O)c2c(Cc3ccccc3)c(-c3cccc(OC(C)(F)F)c3)ncc21. The second-order valence-corrected chi connectivity index (χ2v) is 8.32. The number of fused-ring (bicyclic) bond motifs is 1. The van der Waals surface area contributed by atoms with Crippen LogP contribution in [0.1, 0.15) is 24.5 Å². The molecule has 0 saturated carbocycles. The number of hydrogen-bond donors (Lipinski definition) is 1. The smallest absolute Gasteiger partial charge is 0.394 e. The van der Waals surface area contributed by atoms with Crippen molar-refractivity contribution in [3.63, 3.8) is 0 Å². The van der Waals surface area contributed by atoms with E-state index < -0.39 is 17.4 Å². The summed E-state index contributed by atoms with van der Waals surface area (Å²) in [7, 11) is 1.56. The van der Waals surface area contributed by atoms with Gasteiger partial charge >= 0.3 is 11.8 Å². The van der Waals surface area contributed by atoms with Gasteiger partial charge in [-0.2, -0.15) is 8.78 Å². The summed E-state index contributed by atoms with van der Waals surface area (Å²) in [6, 6.07) is 15.6. The Hall–Kier alpha value is -3.85. The van der Waals surface area contributed by atoms with Gasteiger partial charge in [-0.05, 0) is 29.7 Å². The summed E-state index contributed by atoms with van der Waals surface area (Å²) in [4.78, 5) is 31.0. The number of aromatic nitrogens is 3. The van der Waals surface area contributed by atoms with Crippen molar-refractivity contribution in [1.82, 2.24) is 14.1 Å². The minimum atomic E-state index is -3.36. The molecule has 1 N–H and O–H groups in total. The summed E-state index contributed by atoms with van der Waals surface area (Å²) < 4.78 is 34.1. The zero-order valence-electron chi connectivity index (χ0n) is 19.4. The number of aliphatic hydroxyl groups is 1. The maximum absolute atomic E-state index is 13.6. The van der Waals surface area contributed by atoms with Crippen LogP contribution in [0.25, 0.3) is 22.2 Å². The van der Waals surface area contributed by atoms with E-state index in [0.29, 0.717) is 41.1 Å². The highest BCUT2D eigenvalue weighted by atomic mass is 19.3. The quantitative estimate of drug-likeness (QED) is 0.415. The Morgan fingerprint density at radius 2 is 1.83 bits per heavy atom. The second-order valence-electron chi connectivity index (χ2n) is 8.32. The van der Waals surface area contributed by atoms with Gasteiger partial charge in [0, 0.05) is 39.1 Å². The Balaban J connectivity index is 2.01. The average Bonchev–Trinajstić information content (AvgIpc) is 2.82. The van der Waals surface area contributed by atoms with Gasteiger partial charge < -0.3 is 9.84 Å². The van der Waals surface area contributed by atoms with E-state index in [-0.39, 0.29) is 25.3 Å². The second kappa shape index (κ2) is 9.79. The molecular weight excluding hydrogens is 456 g/mol. The van der Waals surface area contributed by atoms with Crippen LogP contribution in [0.3, 0.4) is 0 Å². The minimum Gasteiger partial charge on any atom is -0.433 e. The van der Waals surface area contributed by atoms with Crippen molar-refractivity contribution in [1.29, 1.82) is 0 Å². The fraction of sp³-hybridized carbons (Fsp3) is 0.269. The monoisotopic (exact) mass is 481 g/mol. The molecule has 0 spiro atoms. The molecular formula is C26H25F2N3O4. The Bertz CT molecular complexity index is 1470. The van der Waals surface area contributed by atoms with Crippen molar-refractivity contribution in [2.75, 3.05) is 6.61 Å². The third-order valence-electron chi connectivity index (χ3n) is 5.67. The first-order valence-corrected chi connectivity index (χ1v) is 11.1. The number of aryl methyl sites for hydroxylation is 1. The van der Waals surface area contributed by atoms with E-state index in [1.54, 1.807) is 19.2 Å². The lowest BCUT2D eigenvalue weighted by atomic mass is 9.96. The molecule has 35 heavy (non-hydrogen) atoms. The zero-order valence-corrected chi connectivity index (χ0v) is 19.4. The van der Waals surface area contributed by atoms with Crippen LogP contribution in [0.15, 0.2) is 70.4 Å². The lowest BCUT2D eigenvalue weighted by Crippen LogP contribution is -2.39. The van der Waals surface area contributed by atoms with Crippen molar-refractivity contribution in [2.45, 2.75) is 32.4 Å². The van der Waals surface area contributed by atoms with Crippen LogP contribution >= 0.6 is 0 Å². The van der Waals surface area contributed by atoms with Gasteiger partial charge in [0.2, 0.25) is 0 Å². The van der Waals surface area contributed by atoms with Crippen LogP contribution in [0.5, 0.6) is 5.75 Å². The van der Waals surface area contributed by atoms with Crippen molar-refractivity contribution in [3.05, 3.63) is 92.8 Å². The molecule has 0 radical (unpaired) electrons. The third-order valence-corrected chi connectivity index (χ3v) is 5.67. The summed E-state index contributed by atoms with van der Waals surface area (Å²) in [5.74, 6) is -0.0385. The molecule has 2 aromatic heterocycles. The fourth-order valence-corrected chi connectivity index (χ4v) is 4.10. The first-order chi connectivity index (χ1) is 16.7. The van der Waals surface area contributed by atoms with Crippen LogP contribution in [0.4, 0.5) is 8.78 Å². The van der Waals surface area contributed by atoms with Crippen molar-refractivity contribution >= 4 is 10.9 Å². The maximum Gasteiger partial charge on any atom is 0.394 e. The largest absolute Gasteiger partial charge is 0.433 e. The summed E-state index contributed by atoms with van der Waals surface area (Å²) in [5.41, 5.74) is 1.77. The minimum absolute atomic E-state index is 0.0385. The first kappa shape index (κ1) is 24.3. The molecule has 0 aliphatic rings. The average molecular weight is 481 g/mol. The maximum atomic E-state index is 13.6. The lowest BCUT2D eigenvalue weighted by molar-refractivity contribution is -0.158. The van der Waals surface area contributed by atoms with Gasteiger partial charge in [0.15, 0.2) is 0 Å². The molecule has 182 valence electrons. The summed E-state index contributed by atoms with van der Waals surface area (Å²) in [6.45, 7) is 0.556. The van der Waals surface area contributed by atoms with Crippen molar-refractivity contribution in [2.24, 2.45) is 7.05 Å². The highest BCUT2D eigenvalue weighted by Gasteiger charge is 2.24. The van der Waals surface area contributed by atoms with Gasteiger partial charge in [-0.1, -0.05) is 42.5 Å². The molecule has 2 aromatic carbocycles. The number of rotatable bonds is 8. The van der Waals surface area contributed by atoms with Gasteiger partial charge in [0.05, 0.1) is 22.8 Å². The van der Waals surface area contributed by atoms with Gasteiger partial charge in [-0.15, -0.1) is 0 Å². The molecule has 0 aliphatic heterocycles. The van der Waals surface area contributed by atoms with Crippen LogP contribution in [-0.2, 0) is 20.0 Å². The predicted molar refractivity (Wildman–Crippen MR) is 129 cm³/mol. The molecule has 9 heteroatoms. The van der Waals surface area contributed by atoms with Crippen molar-refractivity contribution in [3.8, 4) is 17.0 Å². The molecule has 0 fully saturated rings. The van der Waals surface area contributed by atoms with Gasteiger partial charge in [-0.25, -0.2) is 4.79 Å². The molecule has 0 bridgehead atoms. The number of alkyl halides is 2.